The van der Waals surface area contributed by atoms with Gasteiger partial charge in [-0.05, 0) is 55.3 Å². The molecule has 0 fully saturated rings. The van der Waals surface area contributed by atoms with E-state index in [0.29, 0.717) is 17.8 Å². The summed E-state index contributed by atoms with van der Waals surface area (Å²) in [4.78, 5) is 28.4. The first-order valence-corrected chi connectivity index (χ1v) is 9.78. The Balaban J connectivity index is 1.89. The molecule has 4 nitrogen and oxygen atoms in total. The van der Waals surface area contributed by atoms with Crippen LogP contribution < -0.4 is 4.90 Å². The van der Waals surface area contributed by atoms with Crippen molar-refractivity contribution in [1.29, 1.82) is 0 Å². The van der Waals surface area contributed by atoms with Gasteiger partial charge in [-0.1, -0.05) is 47.7 Å². The van der Waals surface area contributed by atoms with E-state index in [9.17, 15) is 14.7 Å². The van der Waals surface area contributed by atoms with Crippen LogP contribution in [0, 0.1) is 13.8 Å². The number of hydrogen-bond donors (Lipinski definition) is 1. The smallest absolute Gasteiger partial charge is 0.335 e. The highest BCUT2D eigenvalue weighted by molar-refractivity contribution is 7.99. The standard InChI is InChI=1S/C23H19NO3S/c1-14-7-8-15(2)17(11-14)13-24-19-12-16(23(26)27)9-10-21(19)28-20-6-4-3-5-18(20)22(24)25/h3-12H,13H2,1-2H3,(H,26,27). The molecule has 4 rings (SSSR count). The van der Waals surface area contributed by atoms with Crippen LogP contribution in [0.4, 0.5) is 5.69 Å². The second-order valence-corrected chi connectivity index (χ2v) is 7.99. The third-order valence-electron chi connectivity index (χ3n) is 4.91. The van der Waals surface area contributed by atoms with E-state index in [2.05, 4.69) is 6.07 Å². The van der Waals surface area contributed by atoms with Crippen LogP contribution in [-0.2, 0) is 6.54 Å². The molecule has 0 saturated carbocycles. The van der Waals surface area contributed by atoms with Gasteiger partial charge >= 0.3 is 5.97 Å². The summed E-state index contributed by atoms with van der Waals surface area (Å²) in [5.74, 6) is -1.13. The van der Waals surface area contributed by atoms with Crippen LogP contribution in [0.2, 0.25) is 0 Å². The molecule has 1 aliphatic heterocycles. The van der Waals surface area contributed by atoms with Crippen LogP contribution in [0.25, 0.3) is 0 Å². The molecule has 0 spiro atoms. The van der Waals surface area contributed by atoms with Gasteiger partial charge in [-0.2, -0.15) is 0 Å². The summed E-state index contributed by atoms with van der Waals surface area (Å²) in [5.41, 5.74) is 4.70. The maximum atomic E-state index is 13.4. The first kappa shape index (κ1) is 18.3. The molecule has 1 aliphatic rings. The predicted molar refractivity (Wildman–Crippen MR) is 110 cm³/mol. The number of carboxylic acid groups (broad SMARTS) is 1. The van der Waals surface area contributed by atoms with E-state index < -0.39 is 5.97 Å². The first-order valence-electron chi connectivity index (χ1n) is 8.96. The Hall–Kier alpha value is -3.05. The number of carboxylic acids is 1. The van der Waals surface area contributed by atoms with Gasteiger partial charge in [0, 0.05) is 9.79 Å². The molecule has 0 radical (unpaired) electrons. The van der Waals surface area contributed by atoms with Crippen LogP contribution in [0.15, 0.2) is 70.5 Å². The Bertz CT molecular complexity index is 1110. The Kier molecular flexibility index (Phi) is 4.69. The van der Waals surface area contributed by atoms with Crippen molar-refractivity contribution in [3.05, 3.63) is 88.5 Å². The summed E-state index contributed by atoms with van der Waals surface area (Å²) in [7, 11) is 0. The van der Waals surface area contributed by atoms with Crippen molar-refractivity contribution in [2.24, 2.45) is 0 Å². The zero-order valence-corrected chi connectivity index (χ0v) is 16.4. The number of aromatic carboxylic acids is 1. The quantitative estimate of drug-likeness (QED) is 0.659. The zero-order valence-electron chi connectivity index (χ0n) is 15.6. The summed E-state index contributed by atoms with van der Waals surface area (Å²) in [5, 5.41) is 9.44. The normalized spacial score (nSPS) is 12.9. The van der Waals surface area contributed by atoms with Crippen molar-refractivity contribution in [2.75, 3.05) is 4.90 Å². The summed E-state index contributed by atoms with van der Waals surface area (Å²) in [6, 6.07) is 18.6. The molecule has 1 N–H and O–H groups in total. The fourth-order valence-electron chi connectivity index (χ4n) is 3.35. The van der Waals surface area contributed by atoms with Gasteiger partial charge in [-0.3, -0.25) is 4.79 Å². The minimum atomic E-state index is -1.01. The number of hydrogen-bond acceptors (Lipinski definition) is 3. The van der Waals surface area contributed by atoms with Crippen molar-refractivity contribution in [2.45, 2.75) is 30.2 Å². The maximum absolute atomic E-state index is 13.4. The predicted octanol–water partition coefficient (Wildman–Crippen LogP) is 5.31. The highest BCUT2D eigenvalue weighted by Crippen LogP contribution is 2.42. The molecule has 5 heteroatoms. The fraction of sp³-hybridized carbons (Fsp3) is 0.130. The number of carbonyl (C=O) groups is 2. The van der Waals surface area contributed by atoms with E-state index in [4.69, 9.17) is 0 Å². The second-order valence-electron chi connectivity index (χ2n) is 6.91. The molecule has 0 bridgehead atoms. The van der Waals surface area contributed by atoms with Gasteiger partial charge < -0.3 is 10.0 Å². The number of rotatable bonds is 3. The van der Waals surface area contributed by atoms with Crippen molar-refractivity contribution in [3.63, 3.8) is 0 Å². The van der Waals surface area contributed by atoms with Crippen molar-refractivity contribution in [1.82, 2.24) is 0 Å². The lowest BCUT2D eigenvalue weighted by Gasteiger charge is -2.24. The topological polar surface area (TPSA) is 57.6 Å². The molecule has 0 aliphatic carbocycles. The van der Waals surface area contributed by atoms with E-state index in [1.165, 1.54) is 11.8 Å². The molecule has 0 unspecified atom stereocenters. The van der Waals surface area contributed by atoms with Gasteiger partial charge in [-0.25, -0.2) is 4.79 Å². The molecule has 3 aromatic rings. The minimum absolute atomic E-state index is 0.120. The molecular weight excluding hydrogens is 370 g/mol. The molecule has 1 amide bonds. The molecule has 0 atom stereocenters. The molecular formula is C23H19NO3S. The van der Waals surface area contributed by atoms with E-state index >= 15 is 0 Å². The third-order valence-corrected chi connectivity index (χ3v) is 6.05. The van der Waals surface area contributed by atoms with Gasteiger partial charge in [0.1, 0.15) is 0 Å². The number of amides is 1. The largest absolute Gasteiger partial charge is 0.478 e. The number of aryl methyl sites for hydroxylation is 2. The van der Waals surface area contributed by atoms with Gasteiger partial charge in [0.05, 0.1) is 23.4 Å². The molecule has 0 aromatic heterocycles. The Labute approximate surface area is 167 Å². The summed E-state index contributed by atoms with van der Waals surface area (Å²) >= 11 is 1.49. The van der Waals surface area contributed by atoms with Gasteiger partial charge in [0.2, 0.25) is 0 Å². The Morgan fingerprint density at radius 1 is 1.00 bits per heavy atom. The summed E-state index contributed by atoms with van der Waals surface area (Å²) < 4.78 is 0. The third kappa shape index (κ3) is 3.29. The molecule has 140 valence electrons. The second kappa shape index (κ2) is 7.17. The van der Waals surface area contributed by atoms with Crippen molar-refractivity contribution < 1.29 is 14.7 Å². The Morgan fingerprint density at radius 2 is 1.79 bits per heavy atom. The van der Waals surface area contributed by atoms with Crippen LogP contribution in [0.3, 0.4) is 0 Å². The Morgan fingerprint density at radius 3 is 2.57 bits per heavy atom. The van der Waals surface area contributed by atoms with Gasteiger partial charge in [0.25, 0.3) is 5.91 Å². The zero-order chi connectivity index (χ0) is 19.8. The van der Waals surface area contributed by atoms with Crippen LogP contribution >= 0.6 is 11.8 Å². The number of carbonyl (C=O) groups excluding carboxylic acids is 1. The number of anilines is 1. The average Bonchev–Trinajstić information content (AvgIpc) is 2.79. The maximum Gasteiger partial charge on any atom is 0.335 e. The lowest BCUT2D eigenvalue weighted by molar-refractivity contribution is 0.0696. The van der Waals surface area contributed by atoms with Gasteiger partial charge in [-0.15, -0.1) is 0 Å². The highest BCUT2D eigenvalue weighted by Gasteiger charge is 2.28. The summed E-state index contributed by atoms with van der Waals surface area (Å²) in [6.45, 7) is 4.43. The average molecular weight is 389 g/mol. The number of nitrogens with zero attached hydrogens (tertiary/aromatic N) is 1. The minimum Gasteiger partial charge on any atom is -0.478 e. The fourth-order valence-corrected chi connectivity index (χ4v) is 4.41. The number of fused-ring (bicyclic) bond motifs is 2. The highest BCUT2D eigenvalue weighted by atomic mass is 32.2. The SMILES string of the molecule is Cc1ccc(C)c(CN2C(=O)c3ccccc3Sc3ccc(C(=O)O)cc32)c1. The lowest BCUT2D eigenvalue weighted by atomic mass is 10.0. The van der Waals surface area contributed by atoms with Crippen molar-refractivity contribution >= 4 is 29.3 Å². The summed E-state index contributed by atoms with van der Waals surface area (Å²) in [6.07, 6.45) is 0. The van der Waals surface area contributed by atoms with Crippen LogP contribution in [0.1, 0.15) is 37.4 Å². The van der Waals surface area contributed by atoms with E-state index in [1.807, 2.05) is 50.2 Å². The molecule has 1 heterocycles. The van der Waals surface area contributed by atoms with E-state index in [1.54, 1.807) is 23.1 Å². The monoisotopic (exact) mass is 389 g/mol. The van der Waals surface area contributed by atoms with Gasteiger partial charge in [0.15, 0.2) is 0 Å². The van der Waals surface area contributed by atoms with Crippen molar-refractivity contribution in [3.8, 4) is 0 Å². The molecule has 28 heavy (non-hydrogen) atoms. The molecule has 0 saturated heterocycles. The lowest BCUT2D eigenvalue weighted by Crippen LogP contribution is -2.30. The molecule has 3 aromatic carbocycles. The van der Waals surface area contributed by atoms with E-state index in [-0.39, 0.29) is 11.5 Å². The van der Waals surface area contributed by atoms with Crippen LogP contribution in [-0.4, -0.2) is 17.0 Å². The first-order chi connectivity index (χ1) is 13.4. The number of benzene rings is 3. The van der Waals surface area contributed by atoms with E-state index in [0.717, 1.165) is 26.5 Å². The van der Waals surface area contributed by atoms with Crippen LogP contribution in [0.5, 0.6) is 0 Å².